The third kappa shape index (κ3) is 4.64. The van der Waals surface area contributed by atoms with E-state index in [0.29, 0.717) is 54.1 Å². The predicted molar refractivity (Wildman–Crippen MR) is 112 cm³/mol. The van der Waals surface area contributed by atoms with Gasteiger partial charge in [0.05, 0.1) is 32.1 Å². The first kappa shape index (κ1) is 20.0. The van der Waals surface area contributed by atoms with Crippen LogP contribution in [0.3, 0.4) is 0 Å². The SMILES string of the molecule is COc1ccc(-c2nc(CCC(=O)c3ccccc3OC)co2)cc1OCC1CC1. The van der Waals surface area contributed by atoms with Crippen molar-refractivity contribution >= 4 is 5.78 Å². The number of carbonyl (C=O) groups is 1. The zero-order chi connectivity index (χ0) is 20.9. The van der Waals surface area contributed by atoms with Crippen LogP contribution in [-0.4, -0.2) is 31.6 Å². The summed E-state index contributed by atoms with van der Waals surface area (Å²) in [6, 6.07) is 12.9. The summed E-state index contributed by atoms with van der Waals surface area (Å²) in [5.41, 5.74) is 2.12. The van der Waals surface area contributed by atoms with E-state index in [1.165, 1.54) is 12.8 Å². The minimum Gasteiger partial charge on any atom is -0.496 e. The molecule has 1 saturated carbocycles. The standard InChI is InChI=1S/C24H25NO5/c1-27-21-6-4-3-5-19(21)20(26)11-10-18-15-30-24(25-18)17-9-12-22(28-2)23(13-17)29-14-16-7-8-16/h3-6,9,12-13,15-16H,7-8,10-11,14H2,1-2H3. The molecule has 0 saturated heterocycles. The van der Waals surface area contributed by atoms with Gasteiger partial charge in [0, 0.05) is 18.4 Å². The first-order chi connectivity index (χ1) is 14.7. The maximum Gasteiger partial charge on any atom is 0.226 e. The molecule has 0 bridgehead atoms. The number of hydrogen-bond acceptors (Lipinski definition) is 6. The number of aromatic nitrogens is 1. The summed E-state index contributed by atoms with van der Waals surface area (Å²) in [6.07, 6.45) is 4.85. The molecular formula is C24H25NO5. The number of nitrogens with zero attached hydrogens (tertiary/aromatic N) is 1. The molecule has 1 aliphatic carbocycles. The average Bonchev–Trinajstić information content (AvgIpc) is 3.50. The Bertz CT molecular complexity index is 1020. The molecule has 0 amide bonds. The summed E-state index contributed by atoms with van der Waals surface area (Å²) >= 11 is 0. The maximum atomic E-state index is 12.6. The molecule has 1 aliphatic rings. The fourth-order valence-corrected chi connectivity index (χ4v) is 3.22. The van der Waals surface area contributed by atoms with Crippen LogP contribution in [0.25, 0.3) is 11.5 Å². The Morgan fingerprint density at radius 3 is 2.63 bits per heavy atom. The second kappa shape index (κ2) is 9.03. The van der Waals surface area contributed by atoms with Crippen molar-refractivity contribution in [1.82, 2.24) is 4.98 Å². The molecule has 6 heteroatoms. The number of ether oxygens (including phenoxy) is 3. The van der Waals surface area contributed by atoms with Gasteiger partial charge in [0.15, 0.2) is 17.3 Å². The Labute approximate surface area is 175 Å². The summed E-state index contributed by atoms with van der Waals surface area (Å²) in [5, 5.41) is 0. The summed E-state index contributed by atoms with van der Waals surface area (Å²) < 4.78 is 22.2. The normalized spacial score (nSPS) is 13.1. The molecule has 1 aromatic heterocycles. The third-order valence-corrected chi connectivity index (χ3v) is 5.15. The molecule has 6 nitrogen and oxygen atoms in total. The number of benzene rings is 2. The van der Waals surface area contributed by atoms with Crippen LogP contribution in [0.5, 0.6) is 17.2 Å². The van der Waals surface area contributed by atoms with Crippen LogP contribution >= 0.6 is 0 Å². The maximum absolute atomic E-state index is 12.6. The minimum atomic E-state index is 0.0113. The van der Waals surface area contributed by atoms with Gasteiger partial charge in [-0.05, 0) is 49.1 Å². The topological polar surface area (TPSA) is 70.8 Å². The molecular weight excluding hydrogens is 382 g/mol. The van der Waals surface area contributed by atoms with E-state index in [9.17, 15) is 4.79 Å². The molecule has 1 heterocycles. The lowest BCUT2D eigenvalue weighted by atomic mass is 10.0. The summed E-state index contributed by atoms with van der Waals surface area (Å²) in [4.78, 5) is 17.1. The largest absolute Gasteiger partial charge is 0.496 e. The number of ketones is 1. The number of aryl methyl sites for hydroxylation is 1. The van der Waals surface area contributed by atoms with E-state index in [0.717, 1.165) is 11.3 Å². The van der Waals surface area contributed by atoms with Crippen molar-refractivity contribution in [2.45, 2.75) is 25.7 Å². The Hall–Kier alpha value is -3.28. The number of rotatable bonds is 10. The van der Waals surface area contributed by atoms with Crippen molar-refractivity contribution in [3.05, 3.63) is 60.0 Å². The zero-order valence-corrected chi connectivity index (χ0v) is 17.2. The molecule has 0 radical (unpaired) electrons. The molecule has 4 rings (SSSR count). The highest BCUT2D eigenvalue weighted by Crippen LogP contribution is 2.35. The van der Waals surface area contributed by atoms with Gasteiger partial charge >= 0.3 is 0 Å². The highest BCUT2D eigenvalue weighted by atomic mass is 16.5. The van der Waals surface area contributed by atoms with Crippen LogP contribution in [0.2, 0.25) is 0 Å². The Balaban J connectivity index is 1.43. The number of carbonyl (C=O) groups excluding carboxylic acids is 1. The number of methoxy groups -OCH3 is 2. The number of oxazole rings is 1. The van der Waals surface area contributed by atoms with Gasteiger partial charge in [-0.3, -0.25) is 4.79 Å². The van der Waals surface area contributed by atoms with E-state index in [1.807, 2.05) is 30.3 Å². The van der Waals surface area contributed by atoms with Crippen LogP contribution < -0.4 is 14.2 Å². The van der Waals surface area contributed by atoms with Crippen molar-refractivity contribution in [2.24, 2.45) is 5.92 Å². The molecule has 0 aliphatic heterocycles. The van der Waals surface area contributed by atoms with Crippen LogP contribution in [0.15, 0.2) is 53.1 Å². The zero-order valence-electron chi connectivity index (χ0n) is 17.2. The number of para-hydroxylation sites is 1. The smallest absolute Gasteiger partial charge is 0.226 e. The molecule has 156 valence electrons. The van der Waals surface area contributed by atoms with Crippen LogP contribution in [0.4, 0.5) is 0 Å². The average molecular weight is 407 g/mol. The summed E-state index contributed by atoms with van der Waals surface area (Å²) in [5.74, 6) is 3.11. The molecule has 2 aromatic carbocycles. The van der Waals surface area contributed by atoms with Crippen molar-refractivity contribution < 1.29 is 23.4 Å². The van der Waals surface area contributed by atoms with E-state index < -0.39 is 0 Å². The molecule has 0 unspecified atom stereocenters. The lowest BCUT2D eigenvalue weighted by Gasteiger charge is -2.11. The first-order valence-electron chi connectivity index (χ1n) is 10.1. The molecule has 30 heavy (non-hydrogen) atoms. The van der Waals surface area contributed by atoms with Gasteiger partial charge in [0.25, 0.3) is 0 Å². The van der Waals surface area contributed by atoms with Gasteiger partial charge in [0.1, 0.15) is 12.0 Å². The second-order valence-electron chi connectivity index (χ2n) is 7.39. The monoisotopic (exact) mass is 407 g/mol. The molecule has 0 atom stereocenters. The predicted octanol–water partition coefficient (Wildman–Crippen LogP) is 4.96. The fraction of sp³-hybridized carbons (Fsp3) is 0.333. The molecule has 1 fully saturated rings. The van der Waals surface area contributed by atoms with E-state index in [-0.39, 0.29) is 5.78 Å². The van der Waals surface area contributed by atoms with Crippen molar-refractivity contribution in [1.29, 1.82) is 0 Å². The Morgan fingerprint density at radius 2 is 1.87 bits per heavy atom. The minimum absolute atomic E-state index is 0.0113. The van der Waals surface area contributed by atoms with Crippen molar-refractivity contribution in [2.75, 3.05) is 20.8 Å². The first-order valence-corrected chi connectivity index (χ1v) is 10.1. The quantitative estimate of drug-likeness (QED) is 0.442. The van der Waals surface area contributed by atoms with Gasteiger partial charge in [-0.25, -0.2) is 4.98 Å². The summed E-state index contributed by atoms with van der Waals surface area (Å²) in [6.45, 7) is 0.696. The van der Waals surface area contributed by atoms with Crippen LogP contribution in [0, 0.1) is 5.92 Å². The van der Waals surface area contributed by atoms with E-state index in [1.54, 1.807) is 32.6 Å². The lowest BCUT2D eigenvalue weighted by Crippen LogP contribution is -2.03. The van der Waals surface area contributed by atoms with Gasteiger partial charge in [-0.15, -0.1) is 0 Å². The highest BCUT2D eigenvalue weighted by Gasteiger charge is 2.23. The number of Topliss-reactive ketones (excluding diaryl/α,β-unsaturated/α-hetero) is 1. The van der Waals surface area contributed by atoms with E-state index in [4.69, 9.17) is 18.6 Å². The van der Waals surface area contributed by atoms with E-state index in [2.05, 4.69) is 4.98 Å². The number of hydrogen-bond donors (Lipinski definition) is 0. The van der Waals surface area contributed by atoms with E-state index >= 15 is 0 Å². The van der Waals surface area contributed by atoms with Crippen molar-refractivity contribution in [3.63, 3.8) is 0 Å². The van der Waals surface area contributed by atoms with Crippen molar-refractivity contribution in [3.8, 4) is 28.7 Å². The highest BCUT2D eigenvalue weighted by molar-refractivity contribution is 5.98. The van der Waals surface area contributed by atoms with Crippen LogP contribution in [0.1, 0.15) is 35.3 Å². The lowest BCUT2D eigenvalue weighted by molar-refractivity contribution is 0.0979. The summed E-state index contributed by atoms with van der Waals surface area (Å²) in [7, 11) is 3.19. The van der Waals surface area contributed by atoms with Gasteiger partial charge in [-0.1, -0.05) is 12.1 Å². The van der Waals surface area contributed by atoms with Gasteiger partial charge in [-0.2, -0.15) is 0 Å². The fourth-order valence-electron chi connectivity index (χ4n) is 3.22. The molecule has 3 aromatic rings. The second-order valence-corrected chi connectivity index (χ2v) is 7.39. The third-order valence-electron chi connectivity index (χ3n) is 5.15. The van der Waals surface area contributed by atoms with Gasteiger partial charge < -0.3 is 18.6 Å². The Kier molecular flexibility index (Phi) is 6.02. The molecule has 0 N–H and O–H groups in total. The van der Waals surface area contributed by atoms with Gasteiger partial charge in [0.2, 0.25) is 5.89 Å². The molecule has 0 spiro atoms. The Morgan fingerprint density at radius 1 is 1.07 bits per heavy atom. The van der Waals surface area contributed by atoms with Crippen LogP contribution in [-0.2, 0) is 6.42 Å².